The SMILES string of the molecule is O=C1CCC[C@H](C(=O)Nc2ccn(-c3ccc(Cl)cc3)n2)N1. The average molecular weight is 319 g/mol. The Morgan fingerprint density at radius 2 is 2.09 bits per heavy atom. The van der Waals surface area contributed by atoms with Crippen LogP contribution in [0.25, 0.3) is 5.69 Å². The van der Waals surface area contributed by atoms with Crippen molar-refractivity contribution in [2.45, 2.75) is 25.3 Å². The number of amides is 2. The largest absolute Gasteiger partial charge is 0.344 e. The number of hydrogen-bond acceptors (Lipinski definition) is 3. The summed E-state index contributed by atoms with van der Waals surface area (Å²) in [4.78, 5) is 23.4. The number of benzene rings is 1. The van der Waals surface area contributed by atoms with Crippen molar-refractivity contribution < 1.29 is 9.59 Å². The van der Waals surface area contributed by atoms with E-state index in [1.165, 1.54) is 0 Å². The molecule has 0 saturated carbocycles. The smallest absolute Gasteiger partial charge is 0.248 e. The quantitative estimate of drug-likeness (QED) is 0.910. The van der Waals surface area contributed by atoms with Crippen molar-refractivity contribution in [3.05, 3.63) is 41.6 Å². The van der Waals surface area contributed by atoms with E-state index in [4.69, 9.17) is 11.6 Å². The Labute approximate surface area is 132 Å². The van der Waals surface area contributed by atoms with Gasteiger partial charge in [-0.3, -0.25) is 9.59 Å². The van der Waals surface area contributed by atoms with E-state index >= 15 is 0 Å². The summed E-state index contributed by atoms with van der Waals surface area (Å²) in [6.45, 7) is 0. The third-order valence-corrected chi connectivity index (χ3v) is 3.73. The van der Waals surface area contributed by atoms with E-state index in [2.05, 4.69) is 15.7 Å². The molecule has 3 rings (SSSR count). The highest BCUT2D eigenvalue weighted by Crippen LogP contribution is 2.15. The molecule has 114 valence electrons. The zero-order valence-electron chi connectivity index (χ0n) is 11.8. The molecule has 2 aromatic rings. The number of aromatic nitrogens is 2. The molecule has 0 aliphatic carbocycles. The predicted octanol–water partition coefficient (Wildman–Crippen LogP) is 2.13. The van der Waals surface area contributed by atoms with Crippen molar-refractivity contribution in [3.8, 4) is 5.69 Å². The minimum Gasteiger partial charge on any atom is -0.344 e. The number of anilines is 1. The Kier molecular flexibility index (Phi) is 4.11. The number of carbonyl (C=O) groups excluding carboxylic acids is 2. The maximum absolute atomic E-state index is 12.1. The van der Waals surface area contributed by atoms with Gasteiger partial charge in [-0.2, -0.15) is 5.10 Å². The highest BCUT2D eigenvalue weighted by atomic mass is 35.5. The van der Waals surface area contributed by atoms with Crippen molar-refractivity contribution in [2.75, 3.05) is 5.32 Å². The minimum absolute atomic E-state index is 0.0851. The van der Waals surface area contributed by atoms with Crippen LogP contribution in [-0.2, 0) is 9.59 Å². The number of hydrogen-bond donors (Lipinski definition) is 2. The van der Waals surface area contributed by atoms with Crippen LogP contribution in [0.3, 0.4) is 0 Å². The summed E-state index contributed by atoms with van der Waals surface area (Å²) in [5, 5.41) is 10.3. The molecule has 22 heavy (non-hydrogen) atoms. The lowest BCUT2D eigenvalue weighted by Crippen LogP contribution is -2.46. The maximum atomic E-state index is 12.1. The molecule has 1 aliphatic rings. The number of nitrogens with one attached hydrogen (secondary N) is 2. The molecule has 1 aliphatic heterocycles. The first-order valence-corrected chi connectivity index (χ1v) is 7.41. The molecule has 0 bridgehead atoms. The second kappa shape index (κ2) is 6.19. The lowest BCUT2D eigenvalue weighted by molar-refractivity contribution is -0.128. The summed E-state index contributed by atoms with van der Waals surface area (Å²) in [5.74, 6) is 0.118. The number of halogens is 1. The molecule has 1 atom stereocenters. The molecule has 1 aromatic heterocycles. The summed E-state index contributed by atoms with van der Waals surface area (Å²) in [7, 11) is 0. The molecule has 6 nitrogen and oxygen atoms in total. The van der Waals surface area contributed by atoms with E-state index in [-0.39, 0.29) is 11.8 Å². The van der Waals surface area contributed by atoms with E-state index in [0.717, 1.165) is 12.1 Å². The van der Waals surface area contributed by atoms with Crippen LogP contribution in [0.5, 0.6) is 0 Å². The van der Waals surface area contributed by atoms with Crippen LogP contribution < -0.4 is 10.6 Å². The van der Waals surface area contributed by atoms with E-state index in [1.807, 2.05) is 12.1 Å². The van der Waals surface area contributed by atoms with Crippen molar-refractivity contribution in [1.29, 1.82) is 0 Å². The Morgan fingerprint density at radius 1 is 1.32 bits per heavy atom. The summed E-state index contributed by atoms with van der Waals surface area (Å²) >= 11 is 5.85. The monoisotopic (exact) mass is 318 g/mol. The number of carbonyl (C=O) groups is 2. The molecule has 7 heteroatoms. The van der Waals surface area contributed by atoms with E-state index < -0.39 is 6.04 Å². The predicted molar refractivity (Wildman–Crippen MR) is 83.0 cm³/mol. The zero-order valence-corrected chi connectivity index (χ0v) is 12.5. The molecule has 2 heterocycles. The van der Waals surface area contributed by atoms with Gasteiger partial charge in [0.1, 0.15) is 6.04 Å². The average Bonchev–Trinajstić information content (AvgIpc) is 2.96. The highest BCUT2D eigenvalue weighted by molar-refractivity contribution is 6.30. The molecule has 0 unspecified atom stereocenters. The van der Waals surface area contributed by atoms with E-state index in [9.17, 15) is 9.59 Å². The van der Waals surface area contributed by atoms with Crippen LogP contribution in [-0.4, -0.2) is 27.6 Å². The van der Waals surface area contributed by atoms with Gasteiger partial charge in [0, 0.05) is 23.7 Å². The van der Waals surface area contributed by atoms with Gasteiger partial charge in [-0.15, -0.1) is 0 Å². The second-order valence-corrected chi connectivity index (χ2v) is 5.56. The van der Waals surface area contributed by atoms with Crippen molar-refractivity contribution in [3.63, 3.8) is 0 Å². The molecular weight excluding hydrogens is 304 g/mol. The first-order chi connectivity index (χ1) is 10.6. The Morgan fingerprint density at radius 3 is 2.82 bits per heavy atom. The third kappa shape index (κ3) is 3.28. The molecule has 0 radical (unpaired) electrons. The minimum atomic E-state index is -0.484. The van der Waals surface area contributed by atoms with Gasteiger partial charge in [-0.1, -0.05) is 11.6 Å². The van der Waals surface area contributed by atoms with Gasteiger partial charge >= 0.3 is 0 Å². The zero-order chi connectivity index (χ0) is 15.5. The van der Waals surface area contributed by atoms with Gasteiger partial charge in [-0.05, 0) is 37.1 Å². The van der Waals surface area contributed by atoms with Gasteiger partial charge in [0.05, 0.1) is 5.69 Å². The number of nitrogens with zero attached hydrogens (tertiary/aromatic N) is 2. The Balaban J connectivity index is 1.67. The molecular formula is C15H15ClN4O2. The van der Waals surface area contributed by atoms with Gasteiger partial charge in [-0.25, -0.2) is 4.68 Å². The Hall–Kier alpha value is -2.34. The third-order valence-electron chi connectivity index (χ3n) is 3.48. The van der Waals surface area contributed by atoms with E-state index in [0.29, 0.717) is 23.7 Å². The van der Waals surface area contributed by atoms with Crippen LogP contribution in [0.2, 0.25) is 5.02 Å². The summed E-state index contributed by atoms with van der Waals surface area (Å²) in [6.07, 6.45) is 3.60. The maximum Gasteiger partial charge on any atom is 0.248 e. The number of piperidine rings is 1. The van der Waals surface area contributed by atoms with Gasteiger partial charge in [0.2, 0.25) is 11.8 Å². The van der Waals surface area contributed by atoms with Crippen LogP contribution >= 0.6 is 11.6 Å². The van der Waals surface area contributed by atoms with Gasteiger partial charge in [0.15, 0.2) is 5.82 Å². The molecule has 2 amide bonds. The standard InChI is InChI=1S/C15H15ClN4O2/c16-10-4-6-11(7-5-10)20-9-8-13(19-20)18-15(22)12-2-1-3-14(21)17-12/h4-9,12H,1-3H2,(H,17,21)(H,18,19,22)/t12-/m1/s1. The molecule has 2 N–H and O–H groups in total. The Bertz CT molecular complexity index is 696. The second-order valence-electron chi connectivity index (χ2n) is 5.12. The van der Waals surface area contributed by atoms with Crippen LogP contribution in [0.1, 0.15) is 19.3 Å². The number of rotatable bonds is 3. The fourth-order valence-electron chi connectivity index (χ4n) is 2.34. The first-order valence-electron chi connectivity index (χ1n) is 7.04. The van der Waals surface area contributed by atoms with Crippen LogP contribution in [0.4, 0.5) is 5.82 Å². The van der Waals surface area contributed by atoms with Gasteiger partial charge < -0.3 is 10.6 Å². The van der Waals surface area contributed by atoms with E-state index in [1.54, 1.807) is 29.1 Å². The normalized spacial score (nSPS) is 17.9. The van der Waals surface area contributed by atoms with Crippen LogP contribution in [0, 0.1) is 0 Å². The molecule has 1 fully saturated rings. The topological polar surface area (TPSA) is 76.0 Å². The summed E-state index contributed by atoms with van der Waals surface area (Å²) in [6, 6.07) is 8.44. The first kappa shape index (κ1) is 14.6. The van der Waals surface area contributed by atoms with Crippen molar-refractivity contribution in [2.24, 2.45) is 0 Å². The molecule has 1 saturated heterocycles. The molecule has 1 aromatic carbocycles. The summed E-state index contributed by atoms with van der Waals surface area (Å²) in [5.41, 5.74) is 0.843. The lowest BCUT2D eigenvalue weighted by Gasteiger charge is -2.21. The highest BCUT2D eigenvalue weighted by Gasteiger charge is 2.24. The lowest BCUT2D eigenvalue weighted by atomic mass is 10.0. The van der Waals surface area contributed by atoms with Gasteiger partial charge in [0.25, 0.3) is 0 Å². The fourth-order valence-corrected chi connectivity index (χ4v) is 2.47. The summed E-state index contributed by atoms with van der Waals surface area (Å²) < 4.78 is 1.64. The molecule has 0 spiro atoms. The van der Waals surface area contributed by atoms with Crippen molar-refractivity contribution >= 4 is 29.2 Å². The fraction of sp³-hybridized carbons (Fsp3) is 0.267. The van der Waals surface area contributed by atoms with Crippen molar-refractivity contribution in [1.82, 2.24) is 15.1 Å². The van der Waals surface area contributed by atoms with Crippen LogP contribution in [0.15, 0.2) is 36.5 Å².